The van der Waals surface area contributed by atoms with Gasteiger partial charge in [-0.1, -0.05) is 54.4 Å². The van der Waals surface area contributed by atoms with Gasteiger partial charge < -0.3 is 9.47 Å². The molecule has 2 unspecified atom stereocenters. The third kappa shape index (κ3) is 5.73. The smallest absolute Gasteiger partial charge is 0.159 e. The summed E-state index contributed by atoms with van der Waals surface area (Å²) in [6, 6.07) is 0. The van der Waals surface area contributed by atoms with Gasteiger partial charge in [-0.15, -0.1) is 0 Å². The lowest BCUT2D eigenvalue weighted by molar-refractivity contribution is -0.225. The molecule has 0 spiro atoms. The number of hydrogen-bond donors (Lipinski definition) is 0. The maximum Gasteiger partial charge on any atom is 0.159 e. The van der Waals surface area contributed by atoms with Crippen LogP contribution in [0.3, 0.4) is 0 Å². The quantitative estimate of drug-likeness (QED) is 0.554. The zero-order chi connectivity index (χ0) is 17.7. The minimum absolute atomic E-state index is 0.0171. The highest BCUT2D eigenvalue weighted by Crippen LogP contribution is 2.38. The minimum atomic E-state index is 0.0171. The van der Waals surface area contributed by atoms with Crippen molar-refractivity contribution in [3.05, 3.63) is 0 Å². The van der Waals surface area contributed by atoms with Crippen molar-refractivity contribution < 1.29 is 9.47 Å². The van der Waals surface area contributed by atoms with Crippen LogP contribution in [0.2, 0.25) is 0 Å². The molecule has 0 radical (unpaired) electrons. The summed E-state index contributed by atoms with van der Waals surface area (Å²) in [6.07, 6.45) is 8.57. The predicted octanol–water partition coefficient (Wildman–Crippen LogP) is 6.15. The molecule has 142 valence electrons. The van der Waals surface area contributed by atoms with E-state index in [1.54, 1.807) is 0 Å². The van der Waals surface area contributed by atoms with Crippen LogP contribution in [0.5, 0.6) is 0 Å². The largest absolute Gasteiger partial charge is 0.352 e. The summed E-state index contributed by atoms with van der Waals surface area (Å²) in [5.41, 5.74) is 0. The van der Waals surface area contributed by atoms with Gasteiger partial charge in [-0.2, -0.15) is 0 Å². The van der Waals surface area contributed by atoms with E-state index < -0.39 is 0 Å². The molecule has 1 saturated heterocycles. The molecule has 2 heteroatoms. The Morgan fingerprint density at radius 1 is 0.625 bits per heavy atom. The van der Waals surface area contributed by atoms with Crippen LogP contribution in [-0.4, -0.2) is 19.5 Å². The Labute approximate surface area is 151 Å². The molecule has 0 aromatic heterocycles. The van der Waals surface area contributed by atoms with Crippen LogP contribution in [0, 0.1) is 41.4 Å². The van der Waals surface area contributed by atoms with Crippen molar-refractivity contribution in [1.82, 2.24) is 0 Å². The fourth-order valence-electron chi connectivity index (χ4n) is 4.62. The highest BCUT2D eigenvalue weighted by Gasteiger charge is 2.30. The van der Waals surface area contributed by atoms with Crippen molar-refractivity contribution in [2.24, 2.45) is 41.4 Å². The highest BCUT2D eigenvalue weighted by molar-refractivity contribution is 4.79. The molecule has 2 atom stereocenters. The third-order valence-corrected chi connectivity index (χ3v) is 6.94. The maximum absolute atomic E-state index is 5.91. The van der Waals surface area contributed by atoms with Crippen molar-refractivity contribution in [1.29, 1.82) is 0 Å². The van der Waals surface area contributed by atoms with Crippen LogP contribution in [0.25, 0.3) is 0 Å². The van der Waals surface area contributed by atoms with E-state index in [0.29, 0.717) is 17.8 Å². The normalized spacial score (nSPS) is 34.5. The number of hydrogen-bond acceptors (Lipinski definition) is 2. The van der Waals surface area contributed by atoms with Crippen molar-refractivity contribution >= 4 is 0 Å². The van der Waals surface area contributed by atoms with Crippen LogP contribution >= 0.6 is 0 Å². The first-order valence-corrected chi connectivity index (χ1v) is 10.6. The molecule has 0 aromatic carbocycles. The van der Waals surface area contributed by atoms with E-state index in [9.17, 15) is 0 Å². The average molecular weight is 339 g/mol. The highest BCUT2D eigenvalue weighted by atomic mass is 16.7. The van der Waals surface area contributed by atoms with Gasteiger partial charge in [0, 0.05) is 11.8 Å². The van der Waals surface area contributed by atoms with E-state index >= 15 is 0 Å². The summed E-state index contributed by atoms with van der Waals surface area (Å²) < 4.78 is 11.8. The second kappa shape index (κ2) is 9.57. The van der Waals surface area contributed by atoms with E-state index in [1.165, 1.54) is 38.5 Å². The first-order valence-electron chi connectivity index (χ1n) is 10.6. The zero-order valence-electron chi connectivity index (χ0n) is 17.1. The monoisotopic (exact) mass is 338 g/mol. The lowest BCUT2D eigenvalue weighted by atomic mass is 9.71. The van der Waals surface area contributed by atoms with Gasteiger partial charge in [0.2, 0.25) is 0 Å². The molecule has 1 aliphatic heterocycles. The molecule has 24 heavy (non-hydrogen) atoms. The van der Waals surface area contributed by atoms with Gasteiger partial charge >= 0.3 is 0 Å². The SMILES string of the molecule is CC(C)C1CCC(C(C)CCC(C)C2COC(C(C)C)OC2)CC1. The summed E-state index contributed by atoms with van der Waals surface area (Å²) in [4.78, 5) is 0. The van der Waals surface area contributed by atoms with Gasteiger partial charge in [-0.05, 0) is 55.3 Å². The molecule has 1 aliphatic carbocycles. The molecule has 0 N–H and O–H groups in total. The van der Waals surface area contributed by atoms with Gasteiger partial charge in [0.25, 0.3) is 0 Å². The summed E-state index contributed by atoms with van der Waals surface area (Å²) in [6.45, 7) is 15.8. The van der Waals surface area contributed by atoms with E-state index in [4.69, 9.17) is 9.47 Å². The Bertz CT molecular complexity index is 302. The van der Waals surface area contributed by atoms with Crippen LogP contribution in [0.15, 0.2) is 0 Å². The Morgan fingerprint density at radius 2 is 1.08 bits per heavy atom. The van der Waals surface area contributed by atoms with E-state index in [-0.39, 0.29) is 6.29 Å². The van der Waals surface area contributed by atoms with Gasteiger partial charge in [0.15, 0.2) is 6.29 Å². The fourth-order valence-corrected chi connectivity index (χ4v) is 4.62. The summed E-state index contributed by atoms with van der Waals surface area (Å²) in [7, 11) is 0. The topological polar surface area (TPSA) is 18.5 Å². The second-order valence-electron chi connectivity index (χ2n) is 9.49. The van der Waals surface area contributed by atoms with Crippen molar-refractivity contribution in [3.63, 3.8) is 0 Å². The van der Waals surface area contributed by atoms with Crippen molar-refractivity contribution in [3.8, 4) is 0 Å². The zero-order valence-corrected chi connectivity index (χ0v) is 17.1. The molecular weight excluding hydrogens is 296 g/mol. The third-order valence-electron chi connectivity index (χ3n) is 6.94. The summed E-state index contributed by atoms with van der Waals surface area (Å²) in [5, 5.41) is 0. The Kier molecular flexibility index (Phi) is 8.07. The Morgan fingerprint density at radius 3 is 1.54 bits per heavy atom. The van der Waals surface area contributed by atoms with Gasteiger partial charge in [-0.25, -0.2) is 0 Å². The van der Waals surface area contributed by atoms with Crippen LogP contribution in [0.1, 0.15) is 80.1 Å². The van der Waals surface area contributed by atoms with Gasteiger partial charge in [0.05, 0.1) is 13.2 Å². The molecule has 2 rings (SSSR count). The predicted molar refractivity (Wildman–Crippen MR) is 102 cm³/mol. The first-order chi connectivity index (χ1) is 11.4. The molecule has 0 bridgehead atoms. The average Bonchev–Trinajstić information content (AvgIpc) is 2.59. The standard InChI is InChI=1S/C22H42O2/c1-15(2)19-9-11-20(12-10-19)17(5)7-8-18(6)21-13-23-22(16(3)4)24-14-21/h15-22H,7-14H2,1-6H3. The Balaban J connectivity index is 1.66. The van der Waals surface area contributed by atoms with Crippen LogP contribution in [0.4, 0.5) is 0 Å². The molecule has 0 aromatic rings. The minimum Gasteiger partial charge on any atom is -0.352 e. The summed E-state index contributed by atoms with van der Waals surface area (Å²) in [5.74, 6) is 5.48. The number of ether oxygens (including phenoxy) is 2. The lowest BCUT2D eigenvalue weighted by Crippen LogP contribution is -2.38. The first kappa shape index (κ1) is 20.2. The molecule has 2 fully saturated rings. The maximum atomic E-state index is 5.91. The summed E-state index contributed by atoms with van der Waals surface area (Å²) >= 11 is 0. The van der Waals surface area contributed by atoms with Crippen LogP contribution < -0.4 is 0 Å². The van der Waals surface area contributed by atoms with Crippen molar-refractivity contribution in [2.45, 2.75) is 86.4 Å². The molecular formula is C22H42O2. The van der Waals surface area contributed by atoms with E-state index in [1.807, 2.05) is 0 Å². The molecule has 2 aliphatic rings. The molecule has 0 amide bonds. The Hall–Kier alpha value is -0.0800. The van der Waals surface area contributed by atoms with Crippen molar-refractivity contribution in [2.75, 3.05) is 13.2 Å². The number of rotatable bonds is 7. The van der Waals surface area contributed by atoms with Gasteiger partial charge in [-0.3, -0.25) is 0 Å². The second-order valence-corrected chi connectivity index (χ2v) is 9.49. The van der Waals surface area contributed by atoms with E-state index in [2.05, 4.69) is 41.5 Å². The van der Waals surface area contributed by atoms with E-state index in [0.717, 1.165) is 36.9 Å². The molecule has 1 saturated carbocycles. The van der Waals surface area contributed by atoms with Crippen LogP contribution in [-0.2, 0) is 9.47 Å². The fraction of sp³-hybridized carbons (Fsp3) is 1.00. The van der Waals surface area contributed by atoms with Gasteiger partial charge in [0.1, 0.15) is 0 Å². The molecule has 1 heterocycles. The lowest BCUT2D eigenvalue weighted by Gasteiger charge is -2.36. The molecule has 2 nitrogen and oxygen atoms in total.